The number of amides is 2. The summed E-state index contributed by atoms with van der Waals surface area (Å²) in [6.45, 7) is 1.85. The van der Waals surface area contributed by atoms with Crippen LogP contribution < -0.4 is 14.2 Å². The first-order chi connectivity index (χ1) is 12.8. The molecular weight excluding hydrogens is 390 g/mol. The largest absolute Gasteiger partial charge is 0.493 e. The van der Waals surface area contributed by atoms with Crippen molar-refractivity contribution in [1.82, 2.24) is 5.32 Å². The standard InChI is InChI=1S/C18H15NO6S2/c1-11-3-6-13(7-4-11)27(22,23)25-14-8-5-12(9-15(14)24-2)10-16-17(20)19-18(21)26-16/h3-10H,1-2H3,(H,19,20,21)/b16-10+. The van der Waals surface area contributed by atoms with E-state index in [1.165, 1.54) is 37.5 Å². The molecule has 0 aromatic heterocycles. The van der Waals surface area contributed by atoms with Gasteiger partial charge in [0.15, 0.2) is 11.5 Å². The number of aryl methyl sites for hydroxylation is 1. The van der Waals surface area contributed by atoms with Gasteiger partial charge in [0, 0.05) is 0 Å². The van der Waals surface area contributed by atoms with E-state index >= 15 is 0 Å². The van der Waals surface area contributed by atoms with Gasteiger partial charge in [-0.1, -0.05) is 23.8 Å². The van der Waals surface area contributed by atoms with Gasteiger partial charge in [-0.3, -0.25) is 14.9 Å². The van der Waals surface area contributed by atoms with Crippen molar-refractivity contribution in [1.29, 1.82) is 0 Å². The summed E-state index contributed by atoms with van der Waals surface area (Å²) in [7, 11) is -2.65. The lowest BCUT2D eigenvalue weighted by atomic mass is 10.2. The van der Waals surface area contributed by atoms with E-state index in [9.17, 15) is 18.0 Å². The molecule has 2 aromatic carbocycles. The van der Waals surface area contributed by atoms with E-state index in [-0.39, 0.29) is 21.3 Å². The number of benzene rings is 2. The summed E-state index contributed by atoms with van der Waals surface area (Å²) in [6, 6.07) is 10.8. The predicted molar refractivity (Wildman–Crippen MR) is 101 cm³/mol. The van der Waals surface area contributed by atoms with Crippen molar-refractivity contribution in [3.05, 3.63) is 58.5 Å². The summed E-state index contributed by atoms with van der Waals surface area (Å²) < 4.78 is 35.3. The first-order valence-corrected chi connectivity index (χ1v) is 9.95. The van der Waals surface area contributed by atoms with Crippen LogP contribution >= 0.6 is 11.8 Å². The number of ether oxygens (including phenoxy) is 1. The fraction of sp³-hybridized carbons (Fsp3) is 0.111. The zero-order chi connectivity index (χ0) is 19.6. The average molecular weight is 405 g/mol. The number of hydrogen-bond acceptors (Lipinski definition) is 7. The van der Waals surface area contributed by atoms with Crippen LogP contribution in [-0.2, 0) is 14.9 Å². The highest BCUT2D eigenvalue weighted by Gasteiger charge is 2.25. The number of rotatable bonds is 5. The summed E-state index contributed by atoms with van der Waals surface area (Å²) in [6.07, 6.45) is 1.51. The van der Waals surface area contributed by atoms with E-state index in [1.807, 2.05) is 6.92 Å². The Morgan fingerprint density at radius 3 is 2.33 bits per heavy atom. The van der Waals surface area contributed by atoms with Gasteiger partial charge in [-0.05, 0) is 54.6 Å². The summed E-state index contributed by atoms with van der Waals surface area (Å²) in [5, 5.41) is 1.72. The van der Waals surface area contributed by atoms with Crippen LogP contribution in [0.3, 0.4) is 0 Å². The molecule has 2 aromatic rings. The molecule has 2 amide bonds. The molecule has 3 rings (SSSR count). The lowest BCUT2D eigenvalue weighted by molar-refractivity contribution is -0.115. The Morgan fingerprint density at radius 2 is 1.74 bits per heavy atom. The fourth-order valence-corrected chi connectivity index (χ4v) is 3.91. The van der Waals surface area contributed by atoms with Gasteiger partial charge >= 0.3 is 10.1 Å². The number of carbonyl (C=O) groups excluding carboxylic acids is 2. The molecule has 9 heteroatoms. The third-order valence-electron chi connectivity index (χ3n) is 3.64. The van der Waals surface area contributed by atoms with Gasteiger partial charge in [-0.25, -0.2) is 0 Å². The van der Waals surface area contributed by atoms with Crippen molar-refractivity contribution in [3.8, 4) is 11.5 Å². The van der Waals surface area contributed by atoms with E-state index in [1.54, 1.807) is 18.2 Å². The minimum absolute atomic E-state index is 0.0137. The molecule has 1 heterocycles. The Hall–Kier alpha value is -2.78. The lowest BCUT2D eigenvalue weighted by Crippen LogP contribution is -2.17. The van der Waals surface area contributed by atoms with Crippen LogP contribution in [0, 0.1) is 6.92 Å². The number of hydrogen-bond donors (Lipinski definition) is 1. The highest BCUT2D eigenvalue weighted by molar-refractivity contribution is 8.18. The van der Waals surface area contributed by atoms with Crippen molar-refractivity contribution in [2.45, 2.75) is 11.8 Å². The van der Waals surface area contributed by atoms with Crippen molar-refractivity contribution < 1.29 is 26.9 Å². The monoisotopic (exact) mass is 405 g/mol. The number of thioether (sulfide) groups is 1. The van der Waals surface area contributed by atoms with Crippen molar-refractivity contribution in [3.63, 3.8) is 0 Å². The Balaban J connectivity index is 1.89. The van der Waals surface area contributed by atoms with Crippen LogP contribution in [0.5, 0.6) is 11.5 Å². The van der Waals surface area contributed by atoms with Gasteiger partial charge in [-0.2, -0.15) is 8.42 Å². The van der Waals surface area contributed by atoms with Crippen LogP contribution in [-0.4, -0.2) is 26.7 Å². The molecule has 0 spiro atoms. The van der Waals surface area contributed by atoms with E-state index in [4.69, 9.17) is 8.92 Å². The Kier molecular flexibility index (Phi) is 5.24. The molecule has 1 saturated heterocycles. The highest BCUT2D eigenvalue weighted by Crippen LogP contribution is 2.33. The first-order valence-electron chi connectivity index (χ1n) is 7.72. The predicted octanol–water partition coefficient (Wildman–Crippen LogP) is 3.10. The van der Waals surface area contributed by atoms with Crippen molar-refractivity contribution in [2.75, 3.05) is 7.11 Å². The summed E-state index contributed by atoms with van der Waals surface area (Å²) in [5.74, 6) is -0.291. The van der Waals surface area contributed by atoms with E-state index in [0.717, 1.165) is 17.3 Å². The molecule has 1 aliphatic rings. The number of nitrogens with one attached hydrogen (secondary N) is 1. The quantitative estimate of drug-likeness (QED) is 0.603. The van der Waals surface area contributed by atoms with Gasteiger partial charge in [0.25, 0.3) is 11.1 Å². The molecule has 1 N–H and O–H groups in total. The second-order valence-corrected chi connectivity index (χ2v) is 8.17. The normalized spacial score (nSPS) is 15.7. The van der Waals surface area contributed by atoms with Crippen LogP contribution in [0.4, 0.5) is 4.79 Å². The van der Waals surface area contributed by atoms with Crippen LogP contribution in [0.1, 0.15) is 11.1 Å². The van der Waals surface area contributed by atoms with Crippen molar-refractivity contribution >= 4 is 39.1 Å². The molecule has 0 radical (unpaired) electrons. The minimum Gasteiger partial charge on any atom is -0.493 e. The van der Waals surface area contributed by atoms with E-state index in [2.05, 4.69) is 5.32 Å². The summed E-state index contributed by atoms with van der Waals surface area (Å²) >= 11 is 0.788. The Morgan fingerprint density at radius 1 is 1.04 bits per heavy atom. The Bertz CT molecular complexity index is 1040. The highest BCUT2D eigenvalue weighted by atomic mass is 32.2. The van der Waals surface area contributed by atoms with Gasteiger partial charge in [0.2, 0.25) is 0 Å². The fourth-order valence-electron chi connectivity index (χ4n) is 2.29. The van der Waals surface area contributed by atoms with Gasteiger partial charge in [-0.15, -0.1) is 0 Å². The zero-order valence-electron chi connectivity index (χ0n) is 14.4. The van der Waals surface area contributed by atoms with Gasteiger partial charge in [0.05, 0.1) is 12.0 Å². The molecule has 0 saturated carbocycles. The molecule has 27 heavy (non-hydrogen) atoms. The molecular formula is C18H15NO6S2. The Labute approximate surface area is 160 Å². The molecule has 140 valence electrons. The summed E-state index contributed by atoms with van der Waals surface area (Å²) in [5.41, 5.74) is 1.48. The number of methoxy groups -OCH3 is 1. The SMILES string of the molecule is COc1cc(/C=C2/SC(=O)NC2=O)ccc1OS(=O)(=O)c1ccc(C)cc1. The number of imide groups is 1. The van der Waals surface area contributed by atoms with Crippen LogP contribution in [0.2, 0.25) is 0 Å². The van der Waals surface area contributed by atoms with Crippen molar-refractivity contribution in [2.24, 2.45) is 0 Å². The van der Waals surface area contributed by atoms with E-state index in [0.29, 0.717) is 5.56 Å². The second-order valence-electron chi connectivity index (χ2n) is 5.61. The van der Waals surface area contributed by atoms with E-state index < -0.39 is 21.3 Å². The smallest absolute Gasteiger partial charge is 0.339 e. The third kappa shape index (κ3) is 4.32. The first kappa shape index (κ1) is 19.0. The number of carbonyl (C=O) groups is 2. The molecule has 0 bridgehead atoms. The third-order valence-corrected chi connectivity index (χ3v) is 5.70. The molecule has 0 aliphatic carbocycles. The molecule has 0 atom stereocenters. The van der Waals surface area contributed by atoms with Gasteiger partial charge in [0.1, 0.15) is 4.90 Å². The molecule has 1 fully saturated rings. The maximum atomic E-state index is 12.4. The van der Waals surface area contributed by atoms with Crippen LogP contribution in [0.15, 0.2) is 52.3 Å². The molecule has 0 unspecified atom stereocenters. The topological polar surface area (TPSA) is 98.8 Å². The lowest BCUT2D eigenvalue weighted by Gasteiger charge is -2.11. The maximum Gasteiger partial charge on any atom is 0.339 e. The molecule has 7 nitrogen and oxygen atoms in total. The zero-order valence-corrected chi connectivity index (χ0v) is 16.0. The average Bonchev–Trinajstić information content (AvgIpc) is 2.93. The second kappa shape index (κ2) is 7.45. The minimum atomic E-state index is -4.02. The van der Waals surface area contributed by atoms with Gasteiger partial charge < -0.3 is 8.92 Å². The summed E-state index contributed by atoms with van der Waals surface area (Å²) in [4.78, 5) is 23.1. The van der Waals surface area contributed by atoms with Crippen LogP contribution in [0.25, 0.3) is 6.08 Å². The maximum absolute atomic E-state index is 12.4. The molecule has 1 aliphatic heterocycles.